The van der Waals surface area contributed by atoms with Gasteiger partial charge in [-0.2, -0.15) is 0 Å². The van der Waals surface area contributed by atoms with Crippen LogP contribution in [0.4, 0.5) is 0 Å². The minimum Gasteiger partial charge on any atom is -0.385 e. The lowest BCUT2D eigenvalue weighted by Crippen LogP contribution is -2.31. The summed E-state index contributed by atoms with van der Waals surface area (Å²) in [4.78, 5) is 4.25. The molecule has 0 fully saturated rings. The van der Waals surface area contributed by atoms with Crippen LogP contribution in [-0.4, -0.2) is 22.8 Å². The molecule has 0 saturated heterocycles. The van der Waals surface area contributed by atoms with Gasteiger partial charge in [-0.3, -0.25) is 4.98 Å². The van der Waals surface area contributed by atoms with E-state index in [2.05, 4.69) is 4.98 Å². The summed E-state index contributed by atoms with van der Waals surface area (Å²) in [5.41, 5.74) is 1.17. The number of pyridine rings is 1. The molecule has 0 aliphatic carbocycles. The lowest BCUT2D eigenvalue weighted by atomic mass is 9.93. The van der Waals surface area contributed by atoms with E-state index in [-0.39, 0.29) is 0 Å². The molecule has 1 unspecified atom stereocenters. The van der Waals surface area contributed by atoms with E-state index in [4.69, 9.17) is 4.74 Å². The second kappa shape index (κ2) is 4.43. The van der Waals surface area contributed by atoms with Gasteiger partial charge in [-0.1, -0.05) is 12.1 Å². The van der Waals surface area contributed by atoms with Gasteiger partial charge in [0.25, 0.3) is 0 Å². The van der Waals surface area contributed by atoms with Gasteiger partial charge in [0, 0.05) is 18.7 Å². The van der Waals surface area contributed by atoms with Crippen molar-refractivity contribution in [1.29, 1.82) is 0 Å². The van der Waals surface area contributed by atoms with Crippen molar-refractivity contribution in [2.45, 2.75) is 25.6 Å². The maximum atomic E-state index is 10.3. The van der Waals surface area contributed by atoms with E-state index in [1.54, 1.807) is 13.3 Å². The Hall–Kier alpha value is -1.45. The summed E-state index contributed by atoms with van der Waals surface area (Å²) in [6.45, 7) is 3.73. The van der Waals surface area contributed by atoms with E-state index in [9.17, 15) is 5.11 Å². The number of benzene rings is 1. The summed E-state index contributed by atoms with van der Waals surface area (Å²) in [5, 5.41) is 11.3. The number of aliphatic hydroxyl groups excluding tert-OH is 1. The average Bonchev–Trinajstić information content (AvgIpc) is 2.37. The smallest absolute Gasteiger partial charge is 0.107 e. The monoisotopic (exact) mass is 231 g/mol. The average molecular weight is 231 g/mol. The van der Waals surface area contributed by atoms with Crippen LogP contribution in [0.3, 0.4) is 0 Å². The number of ether oxygens (including phenoxy) is 1. The number of nitrogens with zero attached hydrogens (tertiary/aromatic N) is 1. The molecule has 1 aromatic heterocycles. The van der Waals surface area contributed by atoms with Crippen molar-refractivity contribution in [1.82, 2.24) is 4.98 Å². The second-order valence-corrected chi connectivity index (χ2v) is 4.67. The highest BCUT2D eigenvalue weighted by Gasteiger charge is 2.28. The first-order valence-corrected chi connectivity index (χ1v) is 5.62. The SMILES string of the molecule is COC(C)(C)C(O)c1ccc2ncccc2c1. The van der Waals surface area contributed by atoms with Crippen LogP contribution in [-0.2, 0) is 4.74 Å². The summed E-state index contributed by atoms with van der Waals surface area (Å²) in [5.74, 6) is 0. The Morgan fingerprint density at radius 3 is 2.76 bits per heavy atom. The van der Waals surface area contributed by atoms with Gasteiger partial charge in [-0.05, 0) is 37.6 Å². The summed E-state index contributed by atoms with van der Waals surface area (Å²) < 4.78 is 5.30. The number of hydrogen-bond donors (Lipinski definition) is 1. The Morgan fingerprint density at radius 1 is 1.29 bits per heavy atom. The van der Waals surface area contributed by atoms with Crippen LogP contribution < -0.4 is 0 Å². The largest absolute Gasteiger partial charge is 0.385 e. The molecule has 1 N–H and O–H groups in total. The Kier molecular flexibility index (Phi) is 3.13. The predicted octanol–water partition coefficient (Wildman–Crippen LogP) is 2.69. The van der Waals surface area contributed by atoms with Crippen LogP contribution in [0.2, 0.25) is 0 Å². The van der Waals surface area contributed by atoms with Crippen molar-refractivity contribution in [3.63, 3.8) is 0 Å². The van der Waals surface area contributed by atoms with Crippen LogP contribution in [0.15, 0.2) is 36.5 Å². The molecule has 0 spiro atoms. The maximum Gasteiger partial charge on any atom is 0.107 e. The van der Waals surface area contributed by atoms with Crippen LogP contribution in [0.1, 0.15) is 25.5 Å². The molecule has 0 aliphatic heterocycles. The van der Waals surface area contributed by atoms with Crippen molar-refractivity contribution >= 4 is 10.9 Å². The zero-order chi connectivity index (χ0) is 12.5. The standard InChI is InChI=1S/C14H17NO2/c1-14(2,17-3)13(16)11-6-7-12-10(9-11)5-4-8-15-12/h4-9,13,16H,1-3H3. The van der Waals surface area contributed by atoms with E-state index in [0.29, 0.717) is 0 Å². The molecule has 1 heterocycles. The van der Waals surface area contributed by atoms with Gasteiger partial charge in [-0.15, -0.1) is 0 Å². The predicted molar refractivity (Wildman–Crippen MR) is 67.8 cm³/mol. The van der Waals surface area contributed by atoms with Crippen molar-refractivity contribution in [3.05, 3.63) is 42.1 Å². The summed E-state index contributed by atoms with van der Waals surface area (Å²) in [6, 6.07) is 9.63. The third kappa shape index (κ3) is 2.30. The molecule has 1 aromatic carbocycles. The molecule has 0 radical (unpaired) electrons. The molecule has 1 atom stereocenters. The third-order valence-electron chi connectivity index (χ3n) is 3.13. The van der Waals surface area contributed by atoms with Gasteiger partial charge in [0.1, 0.15) is 6.10 Å². The van der Waals surface area contributed by atoms with E-state index < -0.39 is 11.7 Å². The summed E-state index contributed by atoms with van der Waals surface area (Å²) in [6.07, 6.45) is 1.11. The first-order chi connectivity index (χ1) is 8.04. The number of aliphatic hydroxyl groups is 1. The second-order valence-electron chi connectivity index (χ2n) is 4.67. The van der Waals surface area contributed by atoms with Gasteiger partial charge in [-0.25, -0.2) is 0 Å². The number of methoxy groups -OCH3 is 1. The van der Waals surface area contributed by atoms with Crippen molar-refractivity contribution in [3.8, 4) is 0 Å². The summed E-state index contributed by atoms with van der Waals surface area (Å²) >= 11 is 0. The lowest BCUT2D eigenvalue weighted by molar-refractivity contribution is -0.0792. The maximum absolute atomic E-state index is 10.3. The molecule has 0 amide bonds. The summed E-state index contributed by atoms with van der Waals surface area (Å²) in [7, 11) is 1.60. The molecule has 0 saturated carbocycles. The fraction of sp³-hybridized carbons (Fsp3) is 0.357. The van der Waals surface area contributed by atoms with Gasteiger partial charge in [0.2, 0.25) is 0 Å². The van der Waals surface area contributed by atoms with Gasteiger partial charge >= 0.3 is 0 Å². The Bertz CT molecular complexity index is 522. The van der Waals surface area contributed by atoms with Gasteiger partial charge < -0.3 is 9.84 Å². The number of aromatic nitrogens is 1. The van der Waals surface area contributed by atoms with Crippen molar-refractivity contribution < 1.29 is 9.84 Å². The number of fused-ring (bicyclic) bond motifs is 1. The fourth-order valence-electron chi connectivity index (χ4n) is 1.78. The Morgan fingerprint density at radius 2 is 2.06 bits per heavy atom. The zero-order valence-electron chi connectivity index (χ0n) is 10.3. The van der Waals surface area contributed by atoms with Crippen molar-refractivity contribution in [2.75, 3.05) is 7.11 Å². The molecular weight excluding hydrogens is 214 g/mol. The molecule has 90 valence electrons. The fourth-order valence-corrected chi connectivity index (χ4v) is 1.78. The molecule has 0 bridgehead atoms. The van der Waals surface area contributed by atoms with E-state index in [1.165, 1.54) is 0 Å². The number of hydrogen-bond acceptors (Lipinski definition) is 3. The molecule has 17 heavy (non-hydrogen) atoms. The molecule has 3 nitrogen and oxygen atoms in total. The highest BCUT2D eigenvalue weighted by atomic mass is 16.5. The molecular formula is C14H17NO2. The zero-order valence-corrected chi connectivity index (χ0v) is 10.3. The highest BCUT2D eigenvalue weighted by Crippen LogP contribution is 2.29. The molecule has 3 heteroatoms. The van der Waals surface area contributed by atoms with Gasteiger partial charge in [0.15, 0.2) is 0 Å². The first kappa shape index (κ1) is 12.0. The van der Waals surface area contributed by atoms with Gasteiger partial charge in [0.05, 0.1) is 11.1 Å². The molecule has 2 aromatic rings. The minimum absolute atomic E-state index is 0.601. The van der Waals surface area contributed by atoms with Crippen LogP contribution in [0.25, 0.3) is 10.9 Å². The Labute approximate surface area is 101 Å². The van der Waals surface area contributed by atoms with E-state index in [0.717, 1.165) is 16.5 Å². The first-order valence-electron chi connectivity index (χ1n) is 5.62. The van der Waals surface area contributed by atoms with E-state index in [1.807, 2.05) is 44.2 Å². The van der Waals surface area contributed by atoms with Crippen LogP contribution in [0, 0.1) is 0 Å². The number of rotatable bonds is 3. The Balaban J connectivity index is 2.43. The van der Waals surface area contributed by atoms with Crippen molar-refractivity contribution in [2.24, 2.45) is 0 Å². The van der Waals surface area contributed by atoms with Crippen LogP contribution >= 0.6 is 0 Å². The molecule has 0 aliphatic rings. The normalized spacial score (nSPS) is 13.9. The quantitative estimate of drug-likeness (QED) is 0.883. The topological polar surface area (TPSA) is 42.4 Å². The molecule has 2 rings (SSSR count). The third-order valence-corrected chi connectivity index (χ3v) is 3.13. The highest BCUT2D eigenvalue weighted by molar-refractivity contribution is 5.79. The van der Waals surface area contributed by atoms with Crippen LogP contribution in [0.5, 0.6) is 0 Å². The lowest BCUT2D eigenvalue weighted by Gasteiger charge is -2.29. The van der Waals surface area contributed by atoms with E-state index >= 15 is 0 Å². The minimum atomic E-state index is -0.655.